The van der Waals surface area contributed by atoms with Crippen molar-refractivity contribution in [1.82, 2.24) is 5.43 Å². The van der Waals surface area contributed by atoms with Crippen LogP contribution in [-0.4, -0.2) is 6.04 Å². The molecule has 0 aromatic carbocycles. The van der Waals surface area contributed by atoms with Gasteiger partial charge in [-0.1, -0.05) is 25.8 Å². The summed E-state index contributed by atoms with van der Waals surface area (Å²) < 4.78 is 0. The SMILES string of the molecule is C=CCCC(NN)C1CCCC(C)C1. The molecule has 0 radical (unpaired) electrons. The van der Waals surface area contributed by atoms with Crippen molar-refractivity contribution in [2.75, 3.05) is 0 Å². The number of hydrogen-bond acceptors (Lipinski definition) is 2. The maximum absolute atomic E-state index is 5.61. The Morgan fingerprint density at radius 1 is 1.57 bits per heavy atom. The average molecular weight is 196 g/mol. The van der Waals surface area contributed by atoms with E-state index in [1.54, 1.807) is 0 Å². The normalized spacial score (nSPS) is 29.9. The predicted octanol–water partition coefficient (Wildman–Crippen LogP) is 2.61. The van der Waals surface area contributed by atoms with E-state index in [1.165, 1.54) is 25.7 Å². The van der Waals surface area contributed by atoms with Crippen molar-refractivity contribution in [3.63, 3.8) is 0 Å². The molecular formula is C12H24N2. The Morgan fingerprint density at radius 2 is 2.36 bits per heavy atom. The standard InChI is InChI=1S/C12H24N2/c1-3-4-8-12(14-13)11-7-5-6-10(2)9-11/h3,10-12,14H,1,4-9,13H2,2H3. The van der Waals surface area contributed by atoms with E-state index < -0.39 is 0 Å². The van der Waals surface area contributed by atoms with Gasteiger partial charge in [-0.25, -0.2) is 0 Å². The minimum absolute atomic E-state index is 0.496. The van der Waals surface area contributed by atoms with Crippen molar-refractivity contribution in [2.45, 2.75) is 51.5 Å². The average Bonchev–Trinajstić information content (AvgIpc) is 2.19. The summed E-state index contributed by atoms with van der Waals surface area (Å²) in [4.78, 5) is 0. The summed E-state index contributed by atoms with van der Waals surface area (Å²) in [6, 6.07) is 0.496. The van der Waals surface area contributed by atoms with Crippen molar-refractivity contribution < 1.29 is 0 Å². The molecule has 3 atom stereocenters. The first-order valence-electron chi connectivity index (χ1n) is 5.85. The molecule has 1 aliphatic rings. The Balaban J connectivity index is 2.37. The number of allylic oxidation sites excluding steroid dienone is 1. The number of rotatable bonds is 5. The zero-order valence-electron chi connectivity index (χ0n) is 9.34. The van der Waals surface area contributed by atoms with Gasteiger partial charge in [-0.2, -0.15) is 0 Å². The molecule has 14 heavy (non-hydrogen) atoms. The number of hydrogen-bond donors (Lipinski definition) is 2. The van der Waals surface area contributed by atoms with Crippen LogP contribution in [0.1, 0.15) is 45.4 Å². The molecule has 1 fully saturated rings. The summed E-state index contributed by atoms with van der Waals surface area (Å²) in [6.07, 6.45) is 9.64. The molecule has 0 saturated heterocycles. The van der Waals surface area contributed by atoms with E-state index in [4.69, 9.17) is 5.84 Å². The fourth-order valence-electron chi connectivity index (χ4n) is 2.60. The van der Waals surface area contributed by atoms with Crippen molar-refractivity contribution in [2.24, 2.45) is 17.7 Å². The molecule has 2 nitrogen and oxygen atoms in total. The van der Waals surface area contributed by atoms with Crippen LogP contribution < -0.4 is 11.3 Å². The maximum Gasteiger partial charge on any atom is 0.0241 e. The number of nitrogens with one attached hydrogen (secondary N) is 1. The summed E-state index contributed by atoms with van der Waals surface area (Å²) in [5.74, 6) is 7.27. The molecule has 0 bridgehead atoms. The first kappa shape index (κ1) is 11.7. The first-order chi connectivity index (χ1) is 6.77. The van der Waals surface area contributed by atoms with Crippen molar-refractivity contribution >= 4 is 0 Å². The molecule has 2 heteroatoms. The third kappa shape index (κ3) is 3.43. The zero-order chi connectivity index (χ0) is 10.4. The summed E-state index contributed by atoms with van der Waals surface area (Å²) in [5.41, 5.74) is 2.98. The fraction of sp³-hybridized carbons (Fsp3) is 0.833. The van der Waals surface area contributed by atoms with E-state index in [0.29, 0.717) is 6.04 Å². The molecule has 3 N–H and O–H groups in total. The van der Waals surface area contributed by atoms with Gasteiger partial charge in [0, 0.05) is 6.04 Å². The molecule has 0 heterocycles. The molecule has 3 unspecified atom stereocenters. The first-order valence-corrected chi connectivity index (χ1v) is 5.85. The van der Waals surface area contributed by atoms with E-state index in [9.17, 15) is 0 Å². The number of nitrogens with two attached hydrogens (primary N) is 1. The Labute approximate surface area is 87.9 Å². The molecule has 82 valence electrons. The lowest BCUT2D eigenvalue weighted by atomic mass is 9.77. The number of hydrazine groups is 1. The molecular weight excluding hydrogens is 172 g/mol. The molecule has 0 amide bonds. The molecule has 1 saturated carbocycles. The second-order valence-electron chi connectivity index (χ2n) is 4.67. The van der Waals surface area contributed by atoms with Crippen LogP contribution in [0.4, 0.5) is 0 Å². The van der Waals surface area contributed by atoms with Crippen molar-refractivity contribution in [3.8, 4) is 0 Å². The second kappa shape index (κ2) is 6.20. The van der Waals surface area contributed by atoms with Gasteiger partial charge in [0.05, 0.1) is 0 Å². The second-order valence-corrected chi connectivity index (χ2v) is 4.67. The lowest BCUT2D eigenvalue weighted by Crippen LogP contribution is -2.42. The van der Waals surface area contributed by atoms with Gasteiger partial charge >= 0.3 is 0 Å². The monoisotopic (exact) mass is 196 g/mol. The largest absolute Gasteiger partial charge is 0.271 e. The highest BCUT2D eigenvalue weighted by Gasteiger charge is 2.25. The van der Waals surface area contributed by atoms with Gasteiger partial charge in [0.1, 0.15) is 0 Å². The Morgan fingerprint density at radius 3 is 2.93 bits per heavy atom. The third-order valence-electron chi connectivity index (χ3n) is 3.44. The summed E-state index contributed by atoms with van der Waals surface area (Å²) in [7, 11) is 0. The minimum Gasteiger partial charge on any atom is -0.271 e. The zero-order valence-corrected chi connectivity index (χ0v) is 9.34. The lowest BCUT2D eigenvalue weighted by Gasteiger charge is -2.32. The Hall–Kier alpha value is -0.340. The van der Waals surface area contributed by atoms with E-state index in [-0.39, 0.29) is 0 Å². The summed E-state index contributed by atoms with van der Waals surface area (Å²) in [6.45, 7) is 6.11. The van der Waals surface area contributed by atoms with Crippen LogP contribution in [0.3, 0.4) is 0 Å². The molecule has 1 aliphatic carbocycles. The van der Waals surface area contributed by atoms with E-state index in [0.717, 1.165) is 24.7 Å². The van der Waals surface area contributed by atoms with E-state index in [1.807, 2.05) is 6.08 Å². The van der Waals surface area contributed by atoms with E-state index in [2.05, 4.69) is 18.9 Å². The highest BCUT2D eigenvalue weighted by atomic mass is 15.2. The van der Waals surface area contributed by atoms with Gasteiger partial charge in [0.15, 0.2) is 0 Å². The van der Waals surface area contributed by atoms with Gasteiger partial charge in [-0.05, 0) is 37.5 Å². The van der Waals surface area contributed by atoms with Crippen molar-refractivity contribution in [1.29, 1.82) is 0 Å². The third-order valence-corrected chi connectivity index (χ3v) is 3.44. The van der Waals surface area contributed by atoms with Crippen LogP contribution in [-0.2, 0) is 0 Å². The van der Waals surface area contributed by atoms with Gasteiger partial charge in [-0.15, -0.1) is 6.58 Å². The Bertz CT molecular complexity index is 168. The van der Waals surface area contributed by atoms with Gasteiger partial charge in [-0.3, -0.25) is 11.3 Å². The van der Waals surface area contributed by atoms with Crippen LogP contribution in [0, 0.1) is 11.8 Å². The molecule has 0 aromatic rings. The quantitative estimate of drug-likeness (QED) is 0.403. The van der Waals surface area contributed by atoms with E-state index >= 15 is 0 Å². The van der Waals surface area contributed by atoms with Crippen LogP contribution >= 0.6 is 0 Å². The molecule has 0 spiro atoms. The van der Waals surface area contributed by atoms with Crippen LogP contribution in [0.15, 0.2) is 12.7 Å². The highest BCUT2D eigenvalue weighted by Crippen LogP contribution is 2.31. The molecule has 1 rings (SSSR count). The lowest BCUT2D eigenvalue weighted by molar-refractivity contribution is 0.216. The van der Waals surface area contributed by atoms with Gasteiger partial charge in [0.25, 0.3) is 0 Å². The smallest absolute Gasteiger partial charge is 0.0241 e. The highest BCUT2D eigenvalue weighted by molar-refractivity contribution is 4.82. The van der Waals surface area contributed by atoms with Crippen LogP contribution in [0.5, 0.6) is 0 Å². The fourth-order valence-corrected chi connectivity index (χ4v) is 2.60. The van der Waals surface area contributed by atoms with Gasteiger partial charge < -0.3 is 0 Å². The predicted molar refractivity (Wildman–Crippen MR) is 61.7 cm³/mol. The Kier molecular flexibility index (Phi) is 5.20. The summed E-state index contributed by atoms with van der Waals surface area (Å²) >= 11 is 0. The maximum atomic E-state index is 5.61. The van der Waals surface area contributed by atoms with Gasteiger partial charge in [0.2, 0.25) is 0 Å². The molecule has 0 aliphatic heterocycles. The minimum atomic E-state index is 0.496. The van der Waals surface area contributed by atoms with Crippen LogP contribution in [0.25, 0.3) is 0 Å². The molecule has 0 aromatic heterocycles. The van der Waals surface area contributed by atoms with Crippen LogP contribution in [0.2, 0.25) is 0 Å². The van der Waals surface area contributed by atoms with Crippen molar-refractivity contribution in [3.05, 3.63) is 12.7 Å². The summed E-state index contributed by atoms with van der Waals surface area (Å²) in [5, 5.41) is 0. The topological polar surface area (TPSA) is 38.0 Å².